The van der Waals surface area contributed by atoms with Crippen molar-refractivity contribution in [2.24, 2.45) is 5.41 Å². The quantitative estimate of drug-likeness (QED) is 0.820. The Bertz CT molecular complexity index is 449. The molecule has 1 heterocycles. The van der Waals surface area contributed by atoms with Gasteiger partial charge in [0.2, 0.25) is 5.91 Å². The summed E-state index contributed by atoms with van der Waals surface area (Å²) in [6.45, 7) is 6.18. The minimum absolute atomic E-state index is 0.0541. The third-order valence-corrected chi connectivity index (χ3v) is 3.97. The highest BCUT2D eigenvalue weighted by molar-refractivity contribution is 7.17. The number of rotatable bonds is 5. The van der Waals surface area contributed by atoms with Crippen LogP contribution < -0.4 is 5.32 Å². The van der Waals surface area contributed by atoms with Crippen molar-refractivity contribution in [3.63, 3.8) is 0 Å². The fraction of sp³-hybridized carbons (Fsp3) is 0.500. The molecular formula is C14H20ClNO2S. The molecule has 19 heavy (non-hydrogen) atoms. The average molecular weight is 302 g/mol. The minimum Gasteiger partial charge on any atom is -0.396 e. The second-order valence-corrected chi connectivity index (χ2v) is 7.16. The van der Waals surface area contributed by atoms with Gasteiger partial charge in [-0.1, -0.05) is 32.4 Å². The number of nitrogens with one attached hydrogen (secondary N) is 1. The SMILES string of the molecule is CC(C)(C)C(CCO)NC(=O)/C=C/c1ccc(Cl)s1. The maximum atomic E-state index is 11.8. The highest BCUT2D eigenvalue weighted by Crippen LogP contribution is 2.23. The number of aliphatic hydroxyl groups is 1. The molecule has 0 spiro atoms. The first kappa shape index (κ1) is 16.2. The second-order valence-electron chi connectivity index (χ2n) is 5.41. The first-order valence-corrected chi connectivity index (χ1v) is 7.37. The van der Waals surface area contributed by atoms with Crippen LogP contribution in [0.3, 0.4) is 0 Å². The fourth-order valence-corrected chi connectivity index (χ4v) is 2.61. The van der Waals surface area contributed by atoms with Gasteiger partial charge in [0.15, 0.2) is 0 Å². The summed E-state index contributed by atoms with van der Waals surface area (Å²) in [5, 5.41) is 12.0. The standard InChI is InChI=1S/C14H20ClNO2S/c1-14(2,3)11(8-9-17)16-13(18)7-5-10-4-6-12(15)19-10/h4-7,11,17H,8-9H2,1-3H3,(H,16,18)/b7-5+. The summed E-state index contributed by atoms with van der Waals surface area (Å²) in [6.07, 6.45) is 3.79. The maximum Gasteiger partial charge on any atom is 0.244 e. The number of amides is 1. The summed E-state index contributed by atoms with van der Waals surface area (Å²) in [5.41, 5.74) is -0.0849. The zero-order valence-corrected chi connectivity index (χ0v) is 13.0. The Morgan fingerprint density at radius 3 is 2.68 bits per heavy atom. The molecule has 1 amide bonds. The summed E-state index contributed by atoms with van der Waals surface area (Å²) in [4.78, 5) is 12.8. The average Bonchev–Trinajstić information content (AvgIpc) is 2.71. The van der Waals surface area contributed by atoms with Gasteiger partial charge in [0.1, 0.15) is 0 Å². The lowest BCUT2D eigenvalue weighted by molar-refractivity contribution is -0.118. The van der Waals surface area contributed by atoms with Crippen LogP contribution in [0.1, 0.15) is 32.1 Å². The Labute approximate surface area is 123 Å². The van der Waals surface area contributed by atoms with Gasteiger partial charge in [0, 0.05) is 23.6 Å². The number of hydrogen-bond acceptors (Lipinski definition) is 3. The van der Waals surface area contributed by atoms with E-state index in [1.807, 2.05) is 26.8 Å². The van der Waals surface area contributed by atoms with Gasteiger partial charge >= 0.3 is 0 Å². The van der Waals surface area contributed by atoms with Crippen LogP contribution in [0.5, 0.6) is 0 Å². The molecule has 1 aromatic heterocycles. The van der Waals surface area contributed by atoms with Crippen LogP contribution in [-0.2, 0) is 4.79 Å². The third-order valence-electron chi connectivity index (χ3n) is 2.77. The number of halogens is 1. The van der Waals surface area contributed by atoms with E-state index >= 15 is 0 Å². The van der Waals surface area contributed by atoms with Gasteiger partial charge in [-0.25, -0.2) is 0 Å². The molecule has 0 aliphatic carbocycles. The van der Waals surface area contributed by atoms with Crippen molar-refractivity contribution in [1.29, 1.82) is 0 Å². The molecule has 106 valence electrons. The number of carbonyl (C=O) groups is 1. The van der Waals surface area contributed by atoms with E-state index in [-0.39, 0.29) is 24.0 Å². The molecule has 0 bridgehead atoms. The largest absolute Gasteiger partial charge is 0.396 e. The van der Waals surface area contributed by atoms with Crippen molar-refractivity contribution < 1.29 is 9.90 Å². The second kappa shape index (κ2) is 7.08. The van der Waals surface area contributed by atoms with E-state index in [0.717, 1.165) is 4.88 Å². The summed E-state index contributed by atoms with van der Waals surface area (Å²) >= 11 is 7.24. The third kappa shape index (κ3) is 5.76. The Morgan fingerprint density at radius 1 is 1.53 bits per heavy atom. The lowest BCUT2D eigenvalue weighted by Crippen LogP contribution is -2.43. The van der Waals surface area contributed by atoms with Crippen LogP contribution in [0.25, 0.3) is 6.08 Å². The van der Waals surface area contributed by atoms with E-state index in [9.17, 15) is 4.79 Å². The number of carbonyl (C=O) groups excluding carboxylic acids is 1. The Balaban J connectivity index is 2.60. The first-order chi connectivity index (χ1) is 8.82. The zero-order valence-electron chi connectivity index (χ0n) is 11.4. The zero-order chi connectivity index (χ0) is 14.5. The van der Waals surface area contributed by atoms with Crippen LogP contribution in [0.2, 0.25) is 4.34 Å². The molecule has 1 unspecified atom stereocenters. The minimum atomic E-state index is -0.155. The predicted octanol–water partition coefficient (Wildman–Crippen LogP) is 3.33. The van der Waals surface area contributed by atoms with Crippen LogP contribution in [0, 0.1) is 5.41 Å². The maximum absolute atomic E-state index is 11.8. The van der Waals surface area contributed by atoms with E-state index in [4.69, 9.17) is 16.7 Å². The molecule has 1 atom stereocenters. The molecule has 5 heteroatoms. The van der Waals surface area contributed by atoms with Gasteiger partial charge < -0.3 is 10.4 Å². The molecule has 1 aromatic rings. The van der Waals surface area contributed by atoms with Gasteiger partial charge in [-0.3, -0.25) is 4.79 Å². The van der Waals surface area contributed by atoms with Crippen LogP contribution >= 0.6 is 22.9 Å². The molecule has 0 aromatic carbocycles. The van der Waals surface area contributed by atoms with E-state index in [1.54, 1.807) is 12.1 Å². The smallest absolute Gasteiger partial charge is 0.244 e. The number of thiophene rings is 1. The van der Waals surface area contributed by atoms with E-state index in [1.165, 1.54) is 17.4 Å². The topological polar surface area (TPSA) is 49.3 Å². The van der Waals surface area contributed by atoms with Gasteiger partial charge in [0.25, 0.3) is 0 Å². The number of hydrogen-bond donors (Lipinski definition) is 2. The lowest BCUT2D eigenvalue weighted by Gasteiger charge is -2.30. The fourth-order valence-electron chi connectivity index (χ4n) is 1.65. The molecule has 0 radical (unpaired) electrons. The van der Waals surface area contributed by atoms with Crippen LogP contribution in [-0.4, -0.2) is 23.7 Å². The van der Waals surface area contributed by atoms with Gasteiger partial charge in [0.05, 0.1) is 4.34 Å². The van der Waals surface area contributed by atoms with Crippen molar-refractivity contribution >= 4 is 34.9 Å². The van der Waals surface area contributed by atoms with Crippen molar-refractivity contribution in [2.75, 3.05) is 6.61 Å². The molecule has 0 aliphatic rings. The van der Waals surface area contributed by atoms with Crippen molar-refractivity contribution in [2.45, 2.75) is 33.2 Å². The summed E-state index contributed by atoms with van der Waals surface area (Å²) in [5.74, 6) is -0.155. The van der Waals surface area contributed by atoms with Crippen LogP contribution in [0.4, 0.5) is 0 Å². The molecule has 0 saturated carbocycles. The first-order valence-electron chi connectivity index (χ1n) is 6.17. The predicted molar refractivity (Wildman–Crippen MR) is 81.5 cm³/mol. The van der Waals surface area contributed by atoms with E-state index in [0.29, 0.717) is 10.8 Å². The molecule has 0 aliphatic heterocycles. The van der Waals surface area contributed by atoms with Crippen molar-refractivity contribution in [3.05, 3.63) is 27.4 Å². The highest BCUT2D eigenvalue weighted by Gasteiger charge is 2.24. The molecular weight excluding hydrogens is 282 g/mol. The highest BCUT2D eigenvalue weighted by atomic mass is 35.5. The van der Waals surface area contributed by atoms with Crippen molar-refractivity contribution in [3.8, 4) is 0 Å². The Kier molecular flexibility index (Phi) is 6.04. The number of aliphatic hydroxyl groups excluding tert-OH is 1. The summed E-state index contributed by atoms with van der Waals surface area (Å²) < 4.78 is 0.702. The van der Waals surface area contributed by atoms with Crippen molar-refractivity contribution in [1.82, 2.24) is 5.32 Å². The van der Waals surface area contributed by atoms with Gasteiger partial charge in [-0.15, -0.1) is 11.3 Å². The Morgan fingerprint density at radius 2 is 2.21 bits per heavy atom. The molecule has 3 nitrogen and oxygen atoms in total. The van der Waals surface area contributed by atoms with Crippen LogP contribution in [0.15, 0.2) is 18.2 Å². The molecule has 0 saturated heterocycles. The molecule has 0 fully saturated rings. The molecule has 2 N–H and O–H groups in total. The normalized spacial score (nSPS) is 13.7. The van der Waals surface area contributed by atoms with E-state index in [2.05, 4.69) is 5.32 Å². The monoisotopic (exact) mass is 301 g/mol. The van der Waals surface area contributed by atoms with Gasteiger partial charge in [-0.2, -0.15) is 0 Å². The van der Waals surface area contributed by atoms with E-state index < -0.39 is 0 Å². The lowest BCUT2D eigenvalue weighted by atomic mass is 9.85. The van der Waals surface area contributed by atoms with Gasteiger partial charge in [-0.05, 0) is 30.0 Å². The summed E-state index contributed by atoms with van der Waals surface area (Å²) in [6, 6.07) is 3.61. The molecule has 1 rings (SSSR count). The summed E-state index contributed by atoms with van der Waals surface area (Å²) in [7, 11) is 0. The Hall–Kier alpha value is -0.840.